The van der Waals surface area contributed by atoms with Gasteiger partial charge in [0.1, 0.15) is 0 Å². The zero-order valence-corrected chi connectivity index (χ0v) is 15.6. The van der Waals surface area contributed by atoms with E-state index in [-0.39, 0.29) is 30.8 Å². The molecular weight excluding hydrogens is 365 g/mol. The first kappa shape index (κ1) is 19.5. The second-order valence-electron chi connectivity index (χ2n) is 6.05. The molecule has 0 aliphatic carbocycles. The van der Waals surface area contributed by atoms with Crippen molar-refractivity contribution in [3.63, 3.8) is 0 Å². The van der Waals surface area contributed by atoms with E-state index in [1.165, 1.54) is 4.90 Å². The second-order valence-corrected chi connectivity index (χ2v) is 6.87. The first-order valence-electron chi connectivity index (χ1n) is 8.13. The second kappa shape index (κ2) is 9.06. The average molecular weight is 386 g/mol. The summed E-state index contributed by atoms with van der Waals surface area (Å²) in [7, 11) is 1.54. The van der Waals surface area contributed by atoms with Crippen LogP contribution >= 0.6 is 23.2 Å². The highest BCUT2D eigenvalue weighted by Gasteiger charge is 2.22. The molecule has 0 saturated carbocycles. The third kappa shape index (κ3) is 5.90. The SMILES string of the molecule is CN(CC(=O)Nc1ccc(Cl)c(Cl)c1)C(=O)CN1CCCCCC1=O. The molecule has 1 aromatic rings. The number of benzene rings is 1. The van der Waals surface area contributed by atoms with Crippen LogP contribution in [0.2, 0.25) is 10.0 Å². The largest absolute Gasteiger partial charge is 0.335 e. The molecule has 0 unspecified atom stereocenters. The van der Waals surface area contributed by atoms with Gasteiger partial charge in [0.25, 0.3) is 0 Å². The number of rotatable bonds is 5. The number of likely N-dealkylation sites (N-methyl/N-ethyl adjacent to an activating group) is 1. The van der Waals surface area contributed by atoms with E-state index < -0.39 is 0 Å². The van der Waals surface area contributed by atoms with Gasteiger partial charge in [-0.1, -0.05) is 29.6 Å². The quantitative estimate of drug-likeness (QED) is 0.846. The number of nitrogens with one attached hydrogen (secondary N) is 1. The molecular formula is C17H21Cl2N3O3. The van der Waals surface area contributed by atoms with Gasteiger partial charge >= 0.3 is 0 Å². The van der Waals surface area contributed by atoms with Gasteiger partial charge in [-0.25, -0.2) is 0 Å². The Morgan fingerprint density at radius 2 is 1.96 bits per heavy atom. The molecule has 2 rings (SSSR count). The Morgan fingerprint density at radius 1 is 1.20 bits per heavy atom. The van der Waals surface area contributed by atoms with Crippen LogP contribution in [0.1, 0.15) is 25.7 Å². The molecule has 0 spiro atoms. The minimum atomic E-state index is -0.351. The van der Waals surface area contributed by atoms with E-state index in [2.05, 4.69) is 5.32 Å². The lowest BCUT2D eigenvalue weighted by atomic mass is 10.2. The third-order valence-corrected chi connectivity index (χ3v) is 4.75. The number of hydrogen-bond acceptors (Lipinski definition) is 3. The standard InChI is InChI=1S/C17H21Cl2N3O3/c1-21(17(25)11-22-8-4-2-3-5-16(22)24)10-15(23)20-12-6-7-13(18)14(19)9-12/h6-7,9H,2-5,8,10-11H2,1H3,(H,20,23). The molecule has 1 aliphatic rings. The highest BCUT2D eigenvalue weighted by molar-refractivity contribution is 6.42. The van der Waals surface area contributed by atoms with Gasteiger partial charge in [-0.15, -0.1) is 0 Å². The Morgan fingerprint density at radius 3 is 2.68 bits per heavy atom. The molecule has 0 bridgehead atoms. The van der Waals surface area contributed by atoms with E-state index in [1.807, 2.05) is 0 Å². The molecule has 136 valence electrons. The van der Waals surface area contributed by atoms with Gasteiger partial charge in [0, 0.05) is 25.7 Å². The molecule has 6 nitrogen and oxygen atoms in total. The smallest absolute Gasteiger partial charge is 0.243 e. The van der Waals surface area contributed by atoms with Crippen molar-refractivity contribution in [3.05, 3.63) is 28.2 Å². The summed E-state index contributed by atoms with van der Waals surface area (Å²) in [6.07, 6.45) is 3.25. The zero-order valence-electron chi connectivity index (χ0n) is 14.1. The van der Waals surface area contributed by atoms with E-state index in [0.29, 0.717) is 28.7 Å². The van der Waals surface area contributed by atoms with Crippen LogP contribution in [0.4, 0.5) is 5.69 Å². The highest BCUT2D eigenvalue weighted by atomic mass is 35.5. The summed E-state index contributed by atoms with van der Waals surface area (Å²) in [5.74, 6) is -0.615. The van der Waals surface area contributed by atoms with Crippen LogP contribution in [0.15, 0.2) is 18.2 Å². The molecule has 25 heavy (non-hydrogen) atoms. The van der Waals surface area contributed by atoms with Crippen molar-refractivity contribution < 1.29 is 14.4 Å². The predicted molar refractivity (Wildman–Crippen MR) is 97.8 cm³/mol. The molecule has 0 atom stereocenters. The van der Waals surface area contributed by atoms with Crippen LogP contribution in [-0.2, 0) is 14.4 Å². The maximum atomic E-state index is 12.3. The molecule has 1 heterocycles. The van der Waals surface area contributed by atoms with Gasteiger partial charge in [0.05, 0.1) is 23.1 Å². The van der Waals surface area contributed by atoms with Crippen LogP contribution < -0.4 is 5.32 Å². The third-order valence-electron chi connectivity index (χ3n) is 4.01. The lowest BCUT2D eigenvalue weighted by Crippen LogP contribution is -2.43. The maximum Gasteiger partial charge on any atom is 0.243 e. The first-order chi connectivity index (χ1) is 11.9. The maximum absolute atomic E-state index is 12.3. The van der Waals surface area contributed by atoms with E-state index >= 15 is 0 Å². The predicted octanol–water partition coefficient (Wildman–Crippen LogP) is 2.79. The van der Waals surface area contributed by atoms with Gasteiger partial charge in [0.2, 0.25) is 17.7 Å². The number of amides is 3. The fourth-order valence-corrected chi connectivity index (χ4v) is 2.87. The summed E-state index contributed by atoms with van der Waals surface area (Å²) < 4.78 is 0. The molecule has 8 heteroatoms. The van der Waals surface area contributed by atoms with Crippen molar-refractivity contribution in [1.29, 1.82) is 0 Å². The van der Waals surface area contributed by atoms with Crippen LogP contribution in [0, 0.1) is 0 Å². The Bertz CT molecular complexity index is 667. The Labute approximate surface area is 157 Å². The molecule has 0 radical (unpaired) electrons. The van der Waals surface area contributed by atoms with Crippen molar-refractivity contribution in [2.45, 2.75) is 25.7 Å². The fourth-order valence-electron chi connectivity index (χ4n) is 2.57. The summed E-state index contributed by atoms with van der Waals surface area (Å²) in [6.45, 7) is 0.490. The topological polar surface area (TPSA) is 69.7 Å². The number of carbonyl (C=O) groups excluding carboxylic acids is 3. The highest BCUT2D eigenvalue weighted by Crippen LogP contribution is 2.24. The van der Waals surface area contributed by atoms with Crippen molar-refractivity contribution in [2.75, 3.05) is 32.0 Å². The Balaban J connectivity index is 1.85. The Hall–Kier alpha value is -1.79. The summed E-state index contributed by atoms with van der Waals surface area (Å²) in [4.78, 5) is 39.2. The molecule has 1 saturated heterocycles. The van der Waals surface area contributed by atoms with Crippen LogP contribution in [-0.4, -0.2) is 54.2 Å². The molecule has 1 N–H and O–H groups in total. The van der Waals surface area contributed by atoms with Gasteiger partial charge < -0.3 is 15.1 Å². The van der Waals surface area contributed by atoms with Crippen LogP contribution in [0.25, 0.3) is 0 Å². The summed E-state index contributed by atoms with van der Waals surface area (Å²) in [5, 5.41) is 3.40. The minimum Gasteiger partial charge on any atom is -0.335 e. The molecule has 1 aromatic carbocycles. The van der Waals surface area contributed by atoms with Gasteiger partial charge in [-0.05, 0) is 31.0 Å². The number of halogens is 2. The average Bonchev–Trinajstić information content (AvgIpc) is 2.75. The lowest BCUT2D eigenvalue weighted by Gasteiger charge is -2.23. The van der Waals surface area contributed by atoms with E-state index in [0.717, 1.165) is 19.3 Å². The van der Waals surface area contributed by atoms with Crippen molar-refractivity contribution in [3.8, 4) is 0 Å². The minimum absolute atomic E-state index is 0.000456. The Kier molecular flexibility index (Phi) is 7.08. The number of hydrogen-bond donors (Lipinski definition) is 1. The molecule has 0 aromatic heterocycles. The number of nitrogens with zero attached hydrogens (tertiary/aromatic N) is 2. The van der Waals surface area contributed by atoms with Gasteiger partial charge in [-0.3, -0.25) is 14.4 Å². The van der Waals surface area contributed by atoms with Crippen molar-refractivity contribution in [2.24, 2.45) is 0 Å². The molecule has 3 amide bonds. The summed E-state index contributed by atoms with van der Waals surface area (Å²) in [6, 6.07) is 4.75. The number of carbonyl (C=O) groups is 3. The summed E-state index contributed by atoms with van der Waals surface area (Å²) >= 11 is 11.7. The van der Waals surface area contributed by atoms with Crippen molar-refractivity contribution >= 4 is 46.6 Å². The zero-order chi connectivity index (χ0) is 18.4. The first-order valence-corrected chi connectivity index (χ1v) is 8.89. The molecule has 1 fully saturated rings. The summed E-state index contributed by atoms with van der Waals surface area (Å²) in [5.41, 5.74) is 0.503. The lowest BCUT2D eigenvalue weighted by molar-refractivity contribution is -0.140. The van der Waals surface area contributed by atoms with Crippen LogP contribution in [0.5, 0.6) is 0 Å². The van der Waals surface area contributed by atoms with E-state index in [9.17, 15) is 14.4 Å². The number of anilines is 1. The van der Waals surface area contributed by atoms with E-state index in [1.54, 1.807) is 30.1 Å². The van der Waals surface area contributed by atoms with Gasteiger partial charge in [-0.2, -0.15) is 0 Å². The van der Waals surface area contributed by atoms with Gasteiger partial charge in [0.15, 0.2) is 0 Å². The fraction of sp³-hybridized carbons (Fsp3) is 0.471. The van der Waals surface area contributed by atoms with Crippen LogP contribution in [0.3, 0.4) is 0 Å². The monoisotopic (exact) mass is 385 g/mol. The number of likely N-dealkylation sites (tertiary alicyclic amines) is 1. The normalized spacial score (nSPS) is 14.8. The molecule has 1 aliphatic heterocycles. The van der Waals surface area contributed by atoms with Crippen molar-refractivity contribution in [1.82, 2.24) is 9.80 Å². The van der Waals surface area contributed by atoms with E-state index in [4.69, 9.17) is 23.2 Å².